The molecular formula is C44H60O8Si3. The van der Waals surface area contributed by atoms with Gasteiger partial charge in [-0.3, -0.25) is 0 Å². The molecule has 0 aromatic heterocycles. The molecule has 4 rings (SSSR count). The summed E-state index contributed by atoms with van der Waals surface area (Å²) in [5.41, 5.74) is 6.36. The summed E-state index contributed by atoms with van der Waals surface area (Å²) < 4.78 is 34.7. The van der Waals surface area contributed by atoms with Gasteiger partial charge in [0.15, 0.2) is 16.6 Å². The zero-order valence-corrected chi connectivity index (χ0v) is 37.7. The van der Waals surface area contributed by atoms with Gasteiger partial charge in [-0.05, 0) is 149 Å². The molecule has 11 heteroatoms. The first-order valence-electron chi connectivity index (χ1n) is 19.2. The van der Waals surface area contributed by atoms with Crippen molar-refractivity contribution in [3.05, 3.63) is 124 Å². The quantitative estimate of drug-likeness (QED) is 0.0592. The Balaban J connectivity index is 1.20. The average Bonchev–Trinajstić information content (AvgIpc) is 3.10. The zero-order valence-electron chi connectivity index (χ0n) is 34.7. The molecule has 4 aromatic rings. The summed E-state index contributed by atoms with van der Waals surface area (Å²) in [5, 5.41) is 0. The number of benzene rings is 4. The van der Waals surface area contributed by atoms with Crippen molar-refractivity contribution in [2.75, 3.05) is 7.11 Å². The summed E-state index contributed by atoms with van der Waals surface area (Å²) in [5.74, 6) is 1.44. The van der Waals surface area contributed by atoms with E-state index >= 15 is 0 Å². The molecule has 0 spiro atoms. The van der Waals surface area contributed by atoms with E-state index in [1.807, 2.05) is 80.6 Å². The normalized spacial score (nSPS) is 12.3. The number of aryl methyl sites for hydroxylation is 4. The van der Waals surface area contributed by atoms with Crippen molar-refractivity contribution in [2.45, 2.75) is 110 Å². The lowest BCUT2D eigenvalue weighted by Crippen LogP contribution is -2.52. The van der Waals surface area contributed by atoms with E-state index in [4.69, 9.17) is 22.4 Å². The highest BCUT2D eigenvalue weighted by atomic mass is 28.5. The van der Waals surface area contributed by atoms with Gasteiger partial charge >= 0.3 is 20.9 Å². The van der Waals surface area contributed by atoms with Crippen molar-refractivity contribution < 1.29 is 36.8 Å². The maximum atomic E-state index is 12.7. The van der Waals surface area contributed by atoms with Crippen LogP contribution >= 0.6 is 0 Å². The molecule has 296 valence electrons. The van der Waals surface area contributed by atoms with E-state index < -0.39 is 37.5 Å². The minimum absolute atomic E-state index is 0.182. The molecule has 0 atom stereocenters. The van der Waals surface area contributed by atoms with Crippen LogP contribution in [-0.4, -0.2) is 44.6 Å². The molecule has 4 aromatic carbocycles. The molecule has 0 N–H and O–H groups in total. The standard InChI is InChI=1S/C44H60O8Si3/c1-33-31-35(21-27-40(33)49-42(45)47-5)17-15-29-53(6,7)51-55(10,11)52-54(8,9)30-16-18-36-22-28-41(34(2)32-36)50-43(46)48-39-25-23-38(24-26-39)44(3,4)37-19-13-12-14-20-37/h12-14,19-28,31-32H,15-18,29-30H2,1-11H3. The molecule has 0 aliphatic heterocycles. The fourth-order valence-electron chi connectivity index (χ4n) is 7.15. The van der Waals surface area contributed by atoms with Crippen LogP contribution in [0.25, 0.3) is 0 Å². The van der Waals surface area contributed by atoms with Crippen LogP contribution in [0.15, 0.2) is 91.0 Å². The predicted molar refractivity (Wildman–Crippen MR) is 228 cm³/mol. The van der Waals surface area contributed by atoms with Gasteiger partial charge in [0.2, 0.25) is 0 Å². The second-order valence-corrected chi connectivity index (χ2v) is 29.0. The molecule has 0 bridgehead atoms. The summed E-state index contributed by atoms with van der Waals surface area (Å²) >= 11 is 0. The SMILES string of the molecule is COC(=O)Oc1ccc(CCC[Si](C)(C)O[Si](C)(C)O[Si](C)(C)CCCc2ccc(OC(=O)Oc3ccc(C(C)(C)c4ccccc4)cc3)c(C)c2)cc1C. The summed E-state index contributed by atoms with van der Waals surface area (Å²) in [7, 11) is -5.01. The molecule has 0 unspecified atom stereocenters. The first-order valence-corrected chi connectivity index (χ1v) is 28.2. The Morgan fingerprint density at radius 2 is 1.04 bits per heavy atom. The Bertz CT molecular complexity index is 1890. The molecular weight excluding hydrogens is 741 g/mol. The van der Waals surface area contributed by atoms with Gasteiger partial charge in [-0.2, -0.15) is 0 Å². The first-order chi connectivity index (χ1) is 25.8. The van der Waals surface area contributed by atoms with Crippen LogP contribution < -0.4 is 14.2 Å². The number of ether oxygens (including phenoxy) is 4. The molecule has 0 amide bonds. The lowest BCUT2D eigenvalue weighted by atomic mass is 9.78. The molecule has 0 saturated heterocycles. The van der Waals surface area contributed by atoms with Crippen molar-refractivity contribution >= 4 is 37.5 Å². The maximum Gasteiger partial charge on any atom is 0.519 e. The molecule has 0 aliphatic rings. The maximum absolute atomic E-state index is 12.7. The molecule has 0 radical (unpaired) electrons. The van der Waals surface area contributed by atoms with Gasteiger partial charge in [0.1, 0.15) is 17.2 Å². The minimum Gasteiger partial charge on any atom is -0.437 e. The Kier molecular flexibility index (Phi) is 14.9. The van der Waals surface area contributed by atoms with Gasteiger partial charge in [0.25, 0.3) is 0 Å². The van der Waals surface area contributed by atoms with Crippen LogP contribution in [0.2, 0.25) is 51.4 Å². The van der Waals surface area contributed by atoms with Crippen LogP contribution in [0.3, 0.4) is 0 Å². The topological polar surface area (TPSA) is 89.5 Å². The van der Waals surface area contributed by atoms with Crippen LogP contribution in [0, 0.1) is 13.8 Å². The fraction of sp³-hybridized carbons (Fsp3) is 0.409. The Morgan fingerprint density at radius 3 is 1.49 bits per heavy atom. The molecule has 55 heavy (non-hydrogen) atoms. The number of methoxy groups -OCH3 is 1. The number of rotatable bonds is 17. The zero-order chi connectivity index (χ0) is 40.4. The lowest BCUT2D eigenvalue weighted by molar-refractivity contribution is 0.121. The van der Waals surface area contributed by atoms with E-state index in [1.165, 1.54) is 23.8 Å². The van der Waals surface area contributed by atoms with Gasteiger partial charge in [-0.15, -0.1) is 0 Å². The Hall–Kier alpha value is -4.01. The largest absolute Gasteiger partial charge is 0.519 e. The summed E-state index contributed by atoms with van der Waals surface area (Å²) in [4.78, 5) is 24.2. The molecule has 8 nitrogen and oxygen atoms in total. The van der Waals surface area contributed by atoms with Gasteiger partial charge in [0, 0.05) is 5.41 Å². The second-order valence-electron chi connectivity index (χ2n) is 16.6. The monoisotopic (exact) mass is 800 g/mol. The second kappa shape index (κ2) is 18.8. The van der Waals surface area contributed by atoms with Gasteiger partial charge in [-0.1, -0.05) is 80.6 Å². The van der Waals surface area contributed by atoms with E-state index in [2.05, 4.69) is 82.1 Å². The van der Waals surface area contributed by atoms with E-state index in [-0.39, 0.29) is 5.41 Å². The highest BCUT2D eigenvalue weighted by molar-refractivity contribution is 6.87. The van der Waals surface area contributed by atoms with Crippen molar-refractivity contribution in [3.8, 4) is 17.2 Å². The first kappa shape index (κ1) is 43.7. The summed E-state index contributed by atoms with van der Waals surface area (Å²) in [6.07, 6.45) is 2.40. The number of carbonyl (C=O) groups excluding carboxylic acids is 2. The van der Waals surface area contributed by atoms with Crippen molar-refractivity contribution in [3.63, 3.8) is 0 Å². The van der Waals surface area contributed by atoms with Crippen LogP contribution in [0.4, 0.5) is 9.59 Å². The number of carbonyl (C=O) groups is 2. The van der Waals surface area contributed by atoms with Crippen LogP contribution in [0.5, 0.6) is 17.2 Å². The third-order valence-corrected chi connectivity index (χ3v) is 21.3. The summed E-state index contributed by atoms with van der Waals surface area (Å²) in [6, 6.07) is 31.8. The highest BCUT2D eigenvalue weighted by Crippen LogP contribution is 2.33. The van der Waals surface area contributed by atoms with Crippen molar-refractivity contribution in [1.29, 1.82) is 0 Å². The predicted octanol–water partition coefficient (Wildman–Crippen LogP) is 12.1. The van der Waals surface area contributed by atoms with E-state index in [0.717, 1.165) is 54.5 Å². The third-order valence-electron chi connectivity index (χ3n) is 9.84. The molecule has 0 aliphatic carbocycles. The van der Waals surface area contributed by atoms with Crippen molar-refractivity contribution in [2.24, 2.45) is 0 Å². The molecule has 0 saturated carbocycles. The summed E-state index contributed by atoms with van der Waals surface area (Å²) in [6.45, 7) is 21.8. The fourth-order valence-corrected chi connectivity index (χ4v) is 21.2. The lowest BCUT2D eigenvalue weighted by Gasteiger charge is -2.39. The highest BCUT2D eigenvalue weighted by Gasteiger charge is 2.39. The van der Waals surface area contributed by atoms with E-state index in [1.54, 1.807) is 0 Å². The smallest absolute Gasteiger partial charge is 0.437 e. The Labute approximate surface area is 332 Å². The Morgan fingerprint density at radius 1 is 0.582 bits per heavy atom. The number of hydrogen-bond donors (Lipinski definition) is 0. The minimum atomic E-state index is -2.35. The van der Waals surface area contributed by atoms with Gasteiger partial charge in [0.05, 0.1) is 7.11 Å². The van der Waals surface area contributed by atoms with E-state index in [0.29, 0.717) is 17.2 Å². The number of hydrogen-bond acceptors (Lipinski definition) is 8. The van der Waals surface area contributed by atoms with Crippen molar-refractivity contribution in [1.82, 2.24) is 0 Å². The average molecular weight is 801 g/mol. The van der Waals surface area contributed by atoms with Gasteiger partial charge in [-0.25, -0.2) is 9.59 Å². The van der Waals surface area contributed by atoms with E-state index in [9.17, 15) is 9.59 Å². The van der Waals surface area contributed by atoms with Crippen LogP contribution in [-0.2, 0) is 31.2 Å². The van der Waals surface area contributed by atoms with Crippen LogP contribution in [0.1, 0.15) is 60.1 Å². The van der Waals surface area contributed by atoms with Gasteiger partial charge < -0.3 is 27.2 Å². The molecule has 0 fully saturated rings. The molecule has 0 heterocycles. The third kappa shape index (κ3) is 13.6.